The number of halogens is 1. The van der Waals surface area contributed by atoms with Gasteiger partial charge in [-0.15, -0.1) is 0 Å². The molecule has 0 saturated heterocycles. The molecule has 0 radical (unpaired) electrons. The Labute approximate surface area is 179 Å². The number of ether oxygens (including phenoxy) is 2. The van der Waals surface area contributed by atoms with Crippen LogP contribution in [-0.2, 0) is 14.8 Å². The topological polar surface area (TPSA) is 108 Å². The molecular formula is C21H19ClN2O5S. The molecular weight excluding hydrogens is 428 g/mol. The van der Waals surface area contributed by atoms with E-state index in [4.69, 9.17) is 26.2 Å². The summed E-state index contributed by atoms with van der Waals surface area (Å²) in [4.78, 5) is 11.3. The van der Waals surface area contributed by atoms with Crippen LogP contribution in [-0.4, -0.2) is 21.4 Å². The average molecular weight is 447 g/mol. The Morgan fingerprint density at radius 2 is 1.80 bits per heavy atom. The largest absolute Gasteiger partial charge is 0.494 e. The number of anilines is 1. The van der Waals surface area contributed by atoms with Crippen LogP contribution in [0.25, 0.3) is 11.1 Å². The van der Waals surface area contributed by atoms with E-state index in [2.05, 4.69) is 5.32 Å². The van der Waals surface area contributed by atoms with Crippen LogP contribution in [0, 0.1) is 0 Å². The van der Waals surface area contributed by atoms with Crippen LogP contribution in [0.5, 0.6) is 17.2 Å². The molecule has 0 saturated carbocycles. The zero-order valence-electron chi connectivity index (χ0n) is 16.2. The lowest BCUT2D eigenvalue weighted by Gasteiger charge is -2.16. The van der Waals surface area contributed by atoms with Gasteiger partial charge in [0, 0.05) is 17.5 Å². The fourth-order valence-corrected chi connectivity index (χ4v) is 3.77. The van der Waals surface area contributed by atoms with Crippen LogP contribution in [0.1, 0.15) is 6.92 Å². The van der Waals surface area contributed by atoms with Crippen molar-refractivity contribution in [1.82, 2.24) is 0 Å². The molecule has 0 aromatic heterocycles. The molecule has 0 bridgehead atoms. The molecule has 0 heterocycles. The summed E-state index contributed by atoms with van der Waals surface area (Å²) in [5.74, 6) is 0.545. The van der Waals surface area contributed by atoms with Crippen molar-refractivity contribution in [2.24, 2.45) is 5.14 Å². The minimum atomic E-state index is -4.11. The van der Waals surface area contributed by atoms with Gasteiger partial charge in [0.1, 0.15) is 22.1 Å². The highest BCUT2D eigenvalue weighted by Gasteiger charge is 2.20. The van der Waals surface area contributed by atoms with E-state index in [1.807, 2.05) is 0 Å². The Kier molecular flexibility index (Phi) is 6.31. The molecule has 0 atom stereocenters. The standard InChI is InChI=1S/C21H19ClN2O5S/c1-13(25)24-18-8-4-7-17(21(18)28-2)14-9-10-19(20(11-14)30(23,26)27)29-16-6-3-5-15(22)12-16/h3-12H,1-2H3,(H,24,25)(H2,23,26,27). The molecule has 0 aliphatic rings. The van der Waals surface area contributed by atoms with Gasteiger partial charge in [0.15, 0.2) is 0 Å². The third kappa shape index (κ3) is 4.91. The highest BCUT2D eigenvalue weighted by molar-refractivity contribution is 7.89. The number of nitrogens with one attached hydrogen (secondary N) is 1. The number of para-hydroxylation sites is 1. The Hall–Kier alpha value is -3.07. The predicted molar refractivity (Wildman–Crippen MR) is 116 cm³/mol. The van der Waals surface area contributed by atoms with E-state index in [9.17, 15) is 13.2 Å². The fraction of sp³-hybridized carbons (Fsp3) is 0.0952. The number of carbonyl (C=O) groups excluding carboxylic acids is 1. The van der Waals surface area contributed by atoms with Crippen LogP contribution in [0.15, 0.2) is 65.6 Å². The Morgan fingerprint density at radius 3 is 2.43 bits per heavy atom. The number of rotatable bonds is 6. The lowest BCUT2D eigenvalue weighted by molar-refractivity contribution is -0.114. The number of hydrogen-bond donors (Lipinski definition) is 2. The second kappa shape index (κ2) is 8.74. The van der Waals surface area contributed by atoms with Crippen LogP contribution >= 0.6 is 11.6 Å². The Bertz CT molecular complexity index is 1210. The minimum Gasteiger partial charge on any atom is -0.494 e. The van der Waals surface area contributed by atoms with E-state index in [1.54, 1.807) is 48.5 Å². The van der Waals surface area contributed by atoms with Gasteiger partial charge in [0.2, 0.25) is 15.9 Å². The summed E-state index contributed by atoms with van der Waals surface area (Å²) in [5.41, 5.74) is 1.54. The summed E-state index contributed by atoms with van der Waals surface area (Å²) < 4.78 is 35.7. The third-order valence-corrected chi connectivity index (χ3v) is 5.28. The molecule has 0 spiro atoms. The summed E-state index contributed by atoms with van der Waals surface area (Å²) in [5, 5.41) is 8.56. The number of carbonyl (C=O) groups is 1. The van der Waals surface area contributed by atoms with E-state index < -0.39 is 10.0 Å². The second-order valence-electron chi connectivity index (χ2n) is 6.33. The van der Waals surface area contributed by atoms with E-state index in [0.717, 1.165) is 0 Å². The molecule has 0 aliphatic heterocycles. The number of methoxy groups -OCH3 is 1. The van der Waals surface area contributed by atoms with Gasteiger partial charge in [-0.25, -0.2) is 13.6 Å². The summed E-state index contributed by atoms with van der Waals surface area (Å²) in [6.45, 7) is 1.38. The van der Waals surface area contributed by atoms with E-state index >= 15 is 0 Å². The number of sulfonamides is 1. The Balaban J connectivity index is 2.11. The van der Waals surface area contributed by atoms with Crippen molar-refractivity contribution in [1.29, 1.82) is 0 Å². The number of benzene rings is 3. The number of amides is 1. The Morgan fingerprint density at radius 1 is 1.07 bits per heavy atom. The lowest BCUT2D eigenvalue weighted by atomic mass is 10.0. The van der Waals surface area contributed by atoms with E-state index in [1.165, 1.54) is 26.2 Å². The summed E-state index contributed by atoms with van der Waals surface area (Å²) in [6, 6.07) is 16.3. The first-order valence-corrected chi connectivity index (χ1v) is 10.7. The molecule has 30 heavy (non-hydrogen) atoms. The van der Waals surface area contributed by atoms with Crippen LogP contribution in [0.2, 0.25) is 5.02 Å². The molecule has 3 aromatic rings. The number of primary sulfonamides is 1. The van der Waals surface area contributed by atoms with E-state index in [-0.39, 0.29) is 16.6 Å². The van der Waals surface area contributed by atoms with Gasteiger partial charge >= 0.3 is 0 Å². The SMILES string of the molecule is COc1c(NC(C)=O)cccc1-c1ccc(Oc2cccc(Cl)c2)c(S(N)(=O)=O)c1. The second-order valence-corrected chi connectivity index (χ2v) is 8.30. The molecule has 1 amide bonds. The molecule has 3 N–H and O–H groups in total. The molecule has 9 heteroatoms. The van der Waals surface area contributed by atoms with Gasteiger partial charge in [-0.3, -0.25) is 4.79 Å². The van der Waals surface area contributed by atoms with Crippen molar-refractivity contribution >= 4 is 33.2 Å². The molecule has 0 fully saturated rings. The smallest absolute Gasteiger partial charge is 0.241 e. The van der Waals surface area contributed by atoms with Crippen molar-refractivity contribution < 1.29 is 22.7 Å². The average Bonchev–Trinajstić information content (AvgIpc) is 2.67. The minimum absolute atomic E-state index is 0.0560. The molecule has 0 aliphatic carbocycles. The maximum atomic E-state index is 12.2. The zero-order valence-corrected chi connectivity index (χ0v) is 17.8. The number of hydrogen-bond acceptors (Lipinski definition) is 5. The van der Waals surface area contributed by atoms with Gasteiger partial charge in [-0.1, -0.05) is 35.9 Å². The quantitative estimate of drug-likeness (QED) is 0.583. The van der Waals surface area contributed by atoms with Gasteiger partial charge < -0.3 is 14.8 Å². The molecule has 0 unspecified atom stereocenters. The summed E-state index contributed by atoms with van der Waals surface area (Å²) >= 11 is 5.96. The number of nitrogens with two attached hydrogens (primary N) is 1. The van der Waals surface area contributed by atoms with Gasteiger partial charge in [-0.2, -0.15) is 0 Å². The maximum Gasteiger partial charge on any atom is 0.241 e. The lowest BCUT2D eigenvalue weighted by Crippen LogP contribution is -2.13. The van der Waals surface area contributed by atoms with Gasteiger partial charge in [-0.05, 0) is 42.0 Å². The highest BCUT2D eigenvalue weighted by Crippen LogP contribution is 2.39. The first kappa shape index (κ1) is 21.6. The van der Waals surface area contributed by atoms with Crippen LogP contribution in [0.4, 0.5) is 5.69 Å². The van der Waals surface area contributed by atoms with Crippen molar-refractivity contribution in [3.63, 3.8) is 0 Å². The third-order valence-electron chi connectivity index (χ3n) is 4.11. The normalized spacial score (nSPS) is 11.1. The van der Waals surface area contributed by atoms with Crippen LogP contribution in [0.3, 0.4) is 0 Å². The van der Waals surface area contributed by atoms with E-state index in [0.29, 0.717) is 33.3 Å². The van der Waals surface area contributed by atoms with Crippen LogP contribution < -0.4 is 19.9 Å². The highest BCUT2D eigenvalue weighted by atomic mass is 35.5. The fourth-order valence-electron chi connectivity index (χ4n) is 2.91. The van der Waals surface area contributed by atoms with Gasteiger partial charge in [0.05, 0.1) is 12.8 Å². The van der Waals surface area contributed by atoms with Crippen molar-refractivity contribution in [2.75, 3.05) is 12.4 Å². The first-order valence-electron chi connectivity index (χ1n) is 8.74. The molecule has 3 aromatic carbocycles. The zero-order chi connectivity index (χ0) is 21.9. The monoisotopic (exact) mass is 446 g/mol. The molecule has 7 nitrogen and oxygen atoms in total. The molecule has 156 valence electrons. The van der Waals surface area contributed by atoms with Crippen molar-refractivity contribution in [2.45, 2.75) is 11.8 Å². The van der Waals surface area contributed by atoms with Crippen molar-refractivity contribution in [3.05, 3.63) is 65.7 Å². The summed E-state index contributed by atoms with van der Waals surface area (Å²) in [6.07, 6.45) is 0. The maximum absolute atomic E-state index is 12.2. The first-order chi connectivity index (χ1) is 14.2. The van der Waals surface area contributed by atoms with Gasteiger partial charge in [0.25, 0.3) is 0 Å². The summed E-state index contributed by atoms with van der Waals surface area (Å²) in [7, 11) is -2.65. The van der Waals surface area contributed by atoms with Crippen molar-refractivity contribution in [3.8, 4) is 28.4 Å². The predicted octanol–water partition coefficient (Wildman–Crippen LogP) is 4.41. The molecule has 3 rings (SSSR count).